The third kappa shape index (κ3) is 32.5. The molecule has 0 spiro atoms. The third-order valence-electron chi connectivity index (χ3n) is 13.1. The van der Waals surface area contributed by atoms with E-state index < -0.39 is 0 Å². The van der Waals surface area contributed by atoms with E-state index in [4.69, 9.17) is 25.2 Å². The van der Waals surface area contributed by atoms with Gasteiger partial charge in [-0.1, -0.05) is 134 Å². The van der Waals surface area contributed by atoms with Crippen LogP contribution in [0.3, 0.4) is 0 Å². The van der Waals surface area contributed by atoms with Crippen LogP contribution in [0.15, 0.2) is 266 Å². The van der Waals surface area contributed by atoms with Crippen molar-refractivity contribution in [3.05, 3.63) is 307 Å². The fourth-order valence-corrected chi connectivity index (χ4v) is 8.96. The number of benzene rings is 8. The van der Waals surface area contributed by atoms with Gasteiger partial charge in [-0.05, 0) is 124 Å². The zero-order valence-corrected chi connectivity index (χ0v) is 67.2. The molecule has 0 bridgehead atoms. The van der Waals surface area contributed by atoms with Gasteiger partial charge in [0.15, 0.2) is 23.1 Å². The van der Waals surface area contributed by atoms with Gasteiger partial charge in [-0.2, -0.15) is 0 Å². The van der Waals surface area contributed by atoms with E-state index >= 15 is 0 Å². The van der Waals surface area contributed by atoms with Crippen molar-refractivity contribution in [2.45, 2.75) is 68.9 Å². The molecule has 12 aromatic rings. The van der Waals surface area contributed by atoms with Gasteiger partial charge in [0, 0.05) is 123 Å². The molecule has 4 aromatic heterocycles. The van der Waals surface area contributed by atoms with Crippen molar-refractivity contribution in [3.63, 3.8) is 0 Å². The quantitative estimate of drug-likeness (QED) is 0.0487. The fraction of sp³-hybridized carbons (Fsp3) is 0.133. The molecular weight excluding hydrogens is 2000 g/mol. The maximum Gasteiger partial charge on any atom is 0.155 e. The zero-order chi connectivity index (χ0) is 71.5. The van der Waals surface area contributed by atoms with E-state index in [0.29, 0.717) is 11.3 Å². The van der Waals surface area contributed by atoms with Gasteiger partial charge < -0.3 is 30.3 Å². The number of aromatic nitrogens is 4. The number of halogens is 1. The number of rotatable bonds is 10. The van der Waals surface area contributed by atoms with Gasteiger partial charge >= 0.3 is 0 Å². The first-order valence-electron chi connectivity index (χ1n) is 30.7. The maximum atomic E-state index is 13.6. The summed E-state index contributed by atoms with van der Waals surface area (Å²) in [5, 5.41) is 47.3. The van der Waals surface area contributed by atoms with Gasteiger partial charge in [-0.3, -0.25) is 43.5 Å². The third-order valence-corrected chi connectivity index (χ3v) is 13.1. The summed E-state index contributed by atoms with van der Waals surface area (Å²) >= 11 is 0. The summed E-state index contributed by atoms with van der Waals surface area (Å²) < 4.78 is 18.7. The number of methoxy groups -OCH3 is 1. The molecule has 0 aliphatic rings. The van der Waals surface area contributed by atoms with Gasteiger partial charge in [0.25, 0.3) is 0 Å². The maximum absolute atomic E-state index is 13.6. The van der Waals surface area contributed by atoms with Crippen molar-refractivity contribution in [2.75, 3.05) is 7.11 Å². The molecule has 5 N–H and O–H groups in total. The number of hydrogen-bond acceptors (Lipinski definition) is 14. The van der Waals surface area contributed by atoms with Crippen molar-refractivity contribution in [2.24, 2.45) is 0 Å². The van der Waals surface area contributed by atoms with Crippen molar-refractivity contribution in [1.82, 2.24) is 19.9 Å². The first kappa shape index (κ1) is 90.5. The van der Waals surface area contributed by atoms with E-state index in [9.17, 15) is 28.7 Å². The summed E-state index contributed by atoms with van der Waals surface area (Å²) in [6.07, 6.45) is 4.67. The molecule has 536 valence electrons. The molecule has 0 amide bonds. The Morgan fingerprint density at radius 2 is 0.716 bits per heavy atom. The van der Waals surface area contributed by atoms with Crippen molar-refractivity contribution in [3.8, 4) is 50.8 Å². The number of allylic oxidation sites excluding steroid dienone is 8. The minimum Gasteiger partial charge on any atom is -0.540 e. The molecule has 12 rings (SSSR count). The number of para-hydroxylation sites is 4. The Morgan fingerprint density at radius 1 is 0.392 bits per heavy atom. The number of hydrogen-bond donors (Lipinski definition) is 5. The Hall–Kier alpha value is -9.47. The number of fused-ring (bicyclic) bond motifs is 4. The van der Waals surface area contributed by atoms with Gasteiger partial charge in [-0.15, -0.1) is 125 Å². The monoisotopic (exact) mass is 2080 g/mol. The summed E-state index contributed by atoms with van der Waals surface area (Å²) in [6, 6.07) is 82.6. The van der Waals surface area contributed by atoms with E-state index in [1.807, 2.05) is 164 Å². The predicted octanol–water partition coefficient (Wildman–Crippen LogP) is 18.9. The number of ketones is 4. The molecule has 0 aliphatic carbocycles. The van der Waals surface area contributed by atoms with Crippen LogP contribution in [0.25, 0.3) is 88.6 Å². The minimum atomic E-state index is -0.296. The van der Waals surface area contributed by atoms with Crippen LogP contribution in [0.2, 0.25) is 0 Å². The predicted molar refractivity (Wildman–Crippen MR) is 389 cm³/mol. The molecule has 19 heteroatoms. The van der Waals surface area contributed by atoms with Crippen LogP contribution in [0.5, 0.6) is 5.75 Å². The Bertz CT molecular complexity index is 4530. The molecule has 8 aromatic carbocycles. The molecule has 0 fully saturated rings. The van der Waals surface area contributed by atoms with Gasteiger partial charge in [0.1, 0.15) is 0 Å². The molecule has 14 nitrogen and oxygen atoms in total. The van der Waals surface area contributed by atoms with Gasteiger partial charge in [-0.25, -0.2) is 0 Å². The molecule has 4 radical (unpaired) electrons. The van der Waals surface area contributed by atoms with E-state index in [1.165, 1.54) is 96.7 Å². The SMILES string of the molecule is CC(=O)C=C(C)O.CC(=O)C=C(C)O.CC(=O)C=C(C)O.CC(=O)C=C(C)O.COc1c[c-]c(-c2ccc3ccccc3n2)cc1.Cc1ccc[c-]c1-c1ccc2ccccc2n1.Fc1ccc[c-]c1-c1ccc2ccccc2n1.OCc1ccc[c-]c1-c1ccc2ccccc2n1.[Ir].[Ir].[Ir].[Ir]. The zero-order valence-electron chi connectivity index (χ0n) is 57.6. The Kier molecular flexibility index (Phi) is 42.9. The number of ether oxygens (including phenoxy) is 1. The minimum absolute atomic E-state index is 0. The van der Waals surface area contributed by atoms with E-state index in [0.717, 1.165) is 83.3 Å². The average molecular weight is 2080 g/mol. The molecular formula is C83H77FIr4N4O10-4. The molecule has 0 unspecified atom stereocenters. The first-order chi connectivity index (χ1) is 46.9. The van der Waals surface area contributed by atoms with Crippen LogP contribution in [-0.2, 0) is 106 Å². The number of nitrogens with zero attached hydrogens (tertiary/aromatic N) is 4. The van der Waals surface area contributed by atoms with Crippen LogP contribution >= 0.6 is 0 Å². The smallest absolute Gasteiger partial charge is 0.155 e. The van der Waals surface area contributed by atoms with E-state index in [-0.39, 0.29) is 139 Å². The van der Waals surface area contributed by atoms with E-state index in [2.05, 4.69) is 87.5 Å². The summed E-state index contributed by atoms with van der Waals surface area (Å²) in [5.74, 6) is 0.259. The number of pyridine rings is 4. The van der Waals surface area contributed by atoms with Crippen molar-refractivity contribution < 1.29 is 134 Å². The fourth-order valence-electron chi connectivity index (χ4n) is 8.96. The number of aryl methyl sites for hydroxylation is 1. The number of aliphatic hydroxyl groups excluding tert-OH is 5. The number of carbonyl (C=O) groups is 4. The molecule has 0 saturated heterocycles. The molecule has 102 heavy (non-hydrogen) atoms. The standard InChI is InChI=1S/2C16H12NO.C16H12N.C15H9FN.4C5H8O2.4Ir/c1-18-14-9-6-13(7-10-14)16-11-8-12-4-2-3-5-15(12)17-16;18-11-13-6-1-3-7-14(13)16-10-9-12-5-2-4-8-15(12)17-16;1-12-6-2-4-8-14(12)16-11-10-13-7-3-5-9-15(13)17-16;16-13-7-3-2-6-12(13)15-10-9-11-5-1-4-8-14(11)17-15;4*1-4(6)3-5(2)7;;;;/h2-6,8-11H,1H3;1-6,8-10,18H,11H2;2-7,9-11H,1H3;1-5,7-10H;4*3,6H,1-2H3;;;;/q4*-1;;;;;;;;. The molecule has 0 atom stereocenters. The molecule has 4 heterocycles. The van der Waals surface area contributed by atoms with Crippen LogP contribution < -0.4 is 4.74 Å². The van der Waals surface area contributed by atoms with Crippen LogP contribution in [0.4, 0.5) is 4.39 Å². The average Bonchev–Trinajstić information content (AvgIpc) is 0.837. The number of carbonyl (C=O) groups excluding carboxylic acids is 4. The largest absolute Gasteiger partial charge is 0.540 e. The summed E-state index contributed by atoms with van der Waals surface area (Å²) in [5.41, 5.74) is 12.6. The summed E-state index contributed by atoms with van der Waals surface area (Å²) in [4.78, 5) is 58.4. The molecule has 0 saturated carbocycles. The summed E-state index contributed by atoms with van der Waals surface area (Å²) in [6.45, 7) is 13.5. The van der Waals surface area contributed by atoms with Crippen molar-refractivity contribution in [1.29, 1.82) is 0 Å². The second kappa shape index (κ2) is 48.4. The molecule has 0 aliphatic heterocycles. The Labute approximate surface area is 649 Å². The second-order valence-electron chi connectivity index (χ2n) is 21.6. The first-order valence-corrected chi connectivity index (χ1v) is 30.7. The van der Waals surface area contributed by atoms with Gasteiger partial charge in [0.05, 0.1) is 52.2 Å². The summed E-state index contributed by atoms with van der Waals surface area (Å²) in [7, 11) is 1.65. The van der Waals surface area contributed by atoms with Crippen LogP contribution in [0, 0.1) is 37.0 Å². The van der Waals surface area contributed by atoms with Crippen molar-refractivity contribution >= 4 is 66.7 Å². The second-order valence-corrected chi connectivity index (χ2v) is 21.6. The Balaban J connectivity index is 0.000000600. The van der Waals surface area contributed by atoms with Crippen LogP contribution in [0.1, 0.15) is 66.5 Å². The van der Waals surface area contributed by atoms with E-state index in [1.54, 1.807) is 19.2 Å². The number of aliphatic hydroxyl groups is 5. The van der Waals surface area contributed by atoms with Gasteiger partial charge in [0.2, 0.25) is 0 Å². The topological polar surface area (TPSA) is 230 Å². The normalized spacial score (nSPS) is 10.4. The van der Waals surface area contributed by atoms with Crippen LogP contribution in [-0.4, -0.2) is 75.7 Å². The Morgan fingerprint density at radius 3 is 1.04 bits per heavy atom.